The lowest BCUT2D eigenvalue weighted by Crippen LogP contribution is -2.30. The van der Waals surface area contributed by atoms with Crippen molar-refractivity contribution in [1.82, 2.24) is 0 Å². The molecular weight excluding hydrogens is 241 g/mol. The van der Waals surface area contributed by atoms with Crippen molar-refractivity contribution in [2.75, 3.05) is 6.54 Å². The maximum Gasteiger partial charge on any atom is 0.126 e. The van der Waals surface area contributed by atoms with Crippen LogP contribution in [0.2, 0.25) is 0 Å². The van der Waals surface area contributed by atoms with Gasteiger partial charge in [-0.1, -0.05) is 45.9 Å². The lowest BCUT2D eigenvalue weighted by atomic mass is 9.87. The quantitative estimate of drug-likeness (QED) is 0.879. The van der Waals surface area contributed by atoms with Crippen LogP contribution in [0.5, 0.6) is 0 Å². The number of hydrogen-bond donors (Lipinski definition) is 2. The van der Waals surface area contributed by atoms with Gasteiger partial charge in [0.15, 0.2) is 0 Å². The summed E-state index contributed by atoms with van der Waals surface area (Å²) in [6.07, 6.45) is -0.605. The Morgan fingerprint density at radius 2 is 1.74 bits per heavy atom. The lowest BCUT2D eigenvalue weighted by molar-refractivity contribution is 0.101. The molecule has 2 rings (SSSR count). The van der Waals surface area contributed by atoms with Crippen LogP contribution in [0.4, 0.5) is 4.39 Å². The molecule has 1 aromatic carbocycles. The first-order valence-electron chi connectivity index (χ1n) is 6.87. The predicted octanol–water partition coefficient (Wildman–Crippen LogP) is 2.91. The van der Waals surface area contributed by atoms with Gasteiger partial charge < -0.3 is 10.8 Å². The molecule has 1 saturated carbocycles. The summed E-state index contributed by atoms with van der Waals surface area (Å²) in [4.78, 5) is 0. The molecule has 0 aromatic heterocycles. The van der Waals surface area contributed by atoms with Crippen LogP contribution in [0, 0.1) is 22.6 Å². The fourth-order valence-electron chi connectivity index (χ4n) is 3.56. The van der Waals surface area contributed by atoms with Gasteiger partial charge in [-0.15, -0.1) is 0 Å². The molecule has 0 spiro atoms. The number of rotatable bonds is 4. The molecule has 0 heterocycles. The average Bonchev–Trinajstić information content (AvgIpc) is 2.73. The van der Waals surface area contributed by atoms with Crippen LogP contribution in [0.1, 0.15) is 39.2 Å². The number of aliphatic hydroxyl groups is 1. The topological polar surface area (TPSA) is 46.2 Å². The van der Waals surface area contributed by atoms with E-state index in [0.29, 0.717) is 5.56 Å². The van der Waals surface area contributed by atoms with Crippen LogP contribution in [-0.2, 0) is 0 Å². The van der Waals surface area contributed by atoms with Crippen molar-refractivity contribution in [2.24, 2.45) is 22.5 Å². The summed E-state index contributed by atoms with van der Waals surface area (Å²) in [6, 6.07) is 6.59. The third-order valence-corrected chi connectivity index (χ3v) is 5.44. The molecule has 3 heteroatoms. The van der Waals surface area contributed by atoms with Crippen LogP contribution in [0.3, 0.4) is 0 Å². The van der Waals surface area contributed by atoms with Crippen molar-refractivity contribution in [1.29, 1.82) is 0 Å². The highest BCUT2D eigenvalue weighted by atomic mass is 19.1. The van der Waals surface area contributed by atoms with Crippen molar-refractivity contribution in [3.8, 4) is 0 Å². The SMILES string of the molecule is CC1(C)C(C(O)C(CN)c2ccccc2F)C1(C)C. The van der Waals surface area contributed by atoms with E-state index in [1.54, 1.807) is 18.2 Å². The minimum absolute atomic E-state index is 0.0606. The van der Waals surface area contributed by atoms with Crippen LogP contribution in [-0.4, -0.2) is 17.8 Å². The van der Waals surface area contributed by atoms with Crippen molar-refractivity contribution in [3.63, 3.8) is 0 Å². The smallest absolute Gasteiger partial charge is 0.126 e. The van der Waals surface area contributed by atoms with Gasteiger partial charge in [-0.2, -0.15) is 0 Å². The molecule has 0 bridgehead atoms. The molecule has 0 amide bonds. The fraction of sp³-hybridized carbons (Fsp3) is 0.625. The molecule has 0 radical (unpaired) electrons. The van der Waals surface area contributed by atoms with Crippen LogP contribution in [0.15, 0.2) is 24.3 Å². The van der Waals surface area contributed by atoms with Crippen LogP contribution < -0.4 is 5.73 Å². The normalized spacial score (nSPS) is 23.9. The van der Waals surface area contributed by atoms with Gasteiger partial charge in [0, 0.05) is 12.5 Å². The molecule has 1 aliphatic carbocycles. The molecule has 2 atom stereocenters. The summed E-state index contributed by atoms with van der Waals surface area (Å²) in [5, 5.41) is 10.7. The standard InChI is InChI=1S/C16H24FNO/c1-15(2)14(16(15,3)4)13(19)11(9-18)10-7-5-6-8-12(10)17/h5-8,11,13-14,19H,9,18H2,1-4H3. The Labute approximate surface area is 114 Å². The van der Waals surface area contributed by atoms with Crippen LogP contribution in [0.25, 0.3) is 0 Å². The number of aliphatic hydroxyl groups excluding tert-OH is 1. The summed E-state index contributed by atoms with van der Waals surface area (Å²) >= 11 is 0. The molecule has 0 saturated heterocycles. The van der Waals surface area contributed by atoms with Gasteiger partial charge in [0.25, 0.3) is 0 Å². The Balaban J connectivity index is 2.28. The van der Waals surface area contributed by atoms with E-state index in [-0.39, 0.29) is 35.0 Å². The number of halogens is 1. The second-order valence-electron chi connectivity index (χ2n) is 6.78. The summed E-state index contributed by atoms with van der Waals surface area (Å²) in [5.41, 5.74) is 6.44. The zero-order valence-corrected chi connectivity index (χ0v) is 12.2. The zero-order valence-electron chi connectivity index (χ0n) is 12.2. The van der Waals surface area contributed by atoms with E-state index in [1.807, 2.05) is 0 Å². The third-order valence-electron chi connectivity index (χ3n) is 5.44. The monoisotopic (exact) mass is 265 g/mol. The van der Waals surface area contributed by atoms with Gasteiger partial charge in [0.1, 0.15) is 5.82 Å². The second kappa shape index (κ2) is 4.57. The fourth-order valence-corrected chi connectivity index (χ4v) is 3.56. The van der Waals surface area contributed by atoms with Crippen molar-refractivity contribution < 1.29 is 9.50 Å². The van der Waals surface area contributed by atoms with Gasteiger partial charge in [-0.25, -0.2) is 4.39 Å². The highest BCUT2D eigenvalue weighted by Gasteiger charge is 2.67. The molecule has 3 N–H and O–H groups in total. The Bertz CT molecular complexity index is 456. The first-order chi connectivity index (χ1) is 8.75. The average molecular weight is 265 g/mol. The summed E-state index contributed by atoms with van der Waals surface area (Å²) in [7, 11) is 0. The summed E-state index contributed by atoms with van der Waals surface area (Å²) in [6.45, 7) is 8.85. The maximum absolute atomic E-state index is 13.9. The zero-order chi connectivity index (χ0) is 14.4. The molecule has 19 heavy (non-hydrogen) atoms. The molecule has 1 fully saturated rings. The van der Waals surface area contributed by atoms with E-state index in [4.69, 9.17) is 5.73 Å². The minimum atomic E-state index is -0.605. The number of benzene rings is 1. The van der Waals surface area contributed by atoms with Crippen molar-refractivity contribution >= 4 is 0 Å². The molecule has 1 aromatic rings. The lowest BCUT2D eigenvalue weighted by Gasteiger charge is -2.24. The Morgan fingerprint density at radius 1 is 1.21 bits per heavy atom. The third kappa shape index (κ3) is 2.09. The van der Waals surface area contributed by atoms with E-state index in [1.165, 1.54) is 6.07 Å². The molecule has 2 nitrogen and oxygen atoms in total. The van der Waals surface area contributed by atoms with E-state index in [0.717, 1.165) is 0 Å². The first-order valence-corrected chi connectivity index (χ1v) is 6.87. The highest BCUT2D eigenvalue weighted by molar-refractivity contribution is 5.26. The highest BCUT2D eigenvalue weighted by Crippen LogP contribution is 2.70. The first kappa shape index (κ1) is 14.5. The Kier molecular flexibility index (Phi) is 3.48. The second-order valence-corrected chi connectivity index (χ2v) is 6.78. The molecule has 0 aliphatic heterocycles. The van der Waals surface area contributed by atoms with E-state index in [9.17, 15) is 9.50 Å². The molecule has 1 aliphatic rings. The van der Waals surface area contributed by atoms with Crippen LogP contribution >= 0.6 is 0 Å². The number of nitrogens with two attached hydrogens (primary N) is 1. The van der Waals surface area contributed by atoms with E-state index < -0.39 is 6.10 Å². The maximum atomic E-state index is 13.9. The minimum Gasteiger partial charge on any atom is -0.392 e. The molecule has 2 unspecified atom stereocenters. The van der Waals surface area contributed by atoms with Gasteiger partial charge >= 0.3 is 0 Å². The van der Waals surface area contributed by atoms with Crippen molar-refractivity contribution in [3.05, 3.63) is 35.6 Å². The van der Waals surface area contributed by atoms with Gasteiger partial charge in [-0.3, -0.25) is 0 Å². The Morgan fingerprint density at radius 3 is 2.16 bits per heavy atom. The van der Waals surface area contributed by atoms with Gasteiger partial charge in [-0.05, 0) is 28.4 Å². The van der Waals surface area contributed by atoms with Crippen molar-refractivity contribution in [2.45, 2.75) is 39.7 Å². The van der Waals surface area contributed by atoms with Gasteiger partial charge in [0.2, 0.25) is 0 Å². The summed E-state index contributed by atoms with van der Waals surface area (Å²) in [5.74, 6) is -0.478. The number of hydrogen-bond acceptors (Lipinski definition) is 2. The molecular formula is C16H24FNO. The van der Waals surface area contributed by atoms with E-state index in [2.05, 4.69) is 27.7 Å². The van der Waals surface area contributed by atoms with E-state index >= 15 is 0 Å². The van der Waals surface area contributed by atoms with Gasteiger partial charge in [0.05, 0.1) is 6.10 Å². The Hall–Kier alpha value is -0.930. The summed E-state index contributed by atoms with van der Waals surface area (Å²) < 4.78 is 13.9. The predicted molar refractivity (Wildman–Crippen MR) is 75.3 cm³/mol. The molecule has 106 valence electrons. The largest absolute Gasteiger partial charge is 0.392 e.